The zero-order valence-electron chi connectivity index (χ0n) is 18.3. The van der Waals surface area contributed by atoms with Gasteiger partial charge in [-0.05, 0) is 18.9 Å². The number of nitrogens with one attached hydrogen (secondary N) is 1. The molecular formula is C23H22F3N5O3. The highest BCUT2D eigenvalue weighted by molar-refractivity contribution is 5.99. The Morgan fingerprint density at radius 3 is 2.91 bits per heavy atom. The number of likely N-dealkylation sites (tertiary alicyclic amines) is 1. The number of hydrogen-bond acceptors (Lipinski definition) is 6. The molecule has 2 aromatic heterocycles. The van der Waals surface area contributed by atoms with E-state index in [2.05, 4.69) is 15.3 Å². The lowest BCUT2D eigenvalue weighted by atomic mass is 10.1. The van der Waals surface area contributed by atoms with E-state index in [9.17, 15) is 22.8 Å². The third-order valence-corrected chi connectivity index (χ3v) is 6.51. The number of halogens is 3. The Balaban J connectivity index is 1.49. The van der Waals surface area contributed by atoms with Crippen molar-refractivity contribution >= 4 is 22.8 Å². The van der Waals surface area contributed by atoms with E-state index in [1.165, 1.54) is 36.1 Å². The van der Waals surface area contributed by atoms with Crippen LogP contribution in [0.2, 0.25) is 0 Å². The first-order valence-corrected chi connectivity index (χ1v) is 10.9. The van der Waals surface area contributed by atoms with Gasteiger partial charge in [0.1, 0.15) is 35.4 Å². The van der Waals surface area contributed by atoms with Crippen LogP contribution in [0, 0.1) is 11.7 Å². The molecule has 0 saturated carbocycles. The van der Waals surface area contributed by atoms with Crippen LogP contribution in [0.3, 0.4) is 0 Å². The molecule has 1 amide bonds. The molecule has 11 heteroatoms. The van der Waals surface area contributed by atoms with Gasteiger partial charge in [-0.2, -0.15) is 0 Å². The topological polar surface area (TPSA) is 89.4 Å². The molecule has 2 fully saturated rings. The molecule has 0 spiro atoms. The summed E-state index contributed by atoms with van der Waals surface area (Å²) in [5.74, 6) is -0.908. The van der Waals surface area contributed by atoms with Crippen molar-refractivity contribution in [3.05, 3.63) is 63.5 Å². The van der Waals surface area contributed by atoms with E-state index in [1.54, 1.807) is 4.90 Å². The molecule has 2 aliphatic heterocycles. The van der Waals surface area contributed by atoms with Gasteiger partial charge < -0.3 is 15.0 Å². The van der Waals surface area contributed by atoms with E-state index >= 15 is 0 Å². The van der Waals surface area contributed by atoms with Crippen LogP contribution in [0.15, 0.2) is 35.4 Å². The van der Waals surface area contributed by atoms with Gasteiger partial charge in [-0.1, -0.05) is 18.2 Å². The average molecular weight is 473 g/mol. The normalized spacial score (nSPS) is 19.7. The molecule has 0 bridgehead atoms. The van der Waals surface area contributed by atoms with Gasteiger partial charge in [0.15, 0.2) is 0 Å². The zero-order valence-corrected chi connectivity index (χ0v) is 18.3. The maximum Gasteiger partial charge on any atom is 0.266 e. The standard InChI is InChI=1S/C23H22F3N5O3/c1-30-20-15(9-16(21(30)32)22(33)31-7-5-12-6-8-34-23(12)31)19(28-11-29-20)27-10-13-3-2-4-14(17(13)24)18(25)26/h2-4,9,11-12,18,23H,5-8,10H2,1H3,(H,27,28,29). The van der Waals surface area contributed by atoms with Crippen molar-refractivity contribution in [2.24, 2.45) is 13.0 Å². The smallest absolute Gasteiger partial charge is 0.266 e. The molecule has 2 saturated heterocycles. The number of benzene rings is 1. The van der Waals surface area contributed by atoms with Crippen molar-refractivity contribution < 1.29 is 22.7 Å². The third kappa shape index (κ3) is 3.69. The quantitative estimate of drug-likeness (QED) is 0.612. The molecule has 8 nitrogen and oxygen atoms in total. The fourth-order valence-electron chi connectivity index (χ4n) is 4.70. The molecule has 2 atom stereocenters. The lowest BCUT2D eigenvalue weighted by molar-refractivity contribution is -0.00114. The van der Waals surface area contributed by atoms with E-state index in [0.29, 0.717) is 18.5 Å². The van der Waals surface area contributed by atoms with E-state index in [1.807, 2.05) is 0 Å². The predicted octanol–water partition coefficient (Wildman–Crippen LogP) is 3.23. The second-order valence-electron chi connectivity index (χ2n) is 8.45. The molecular weight excluding hydrogens is 451 g/mol. The van der Waals surface area contributed by atoms with E-state index < -0.39 is 29.3 Å². The SMILES string of the molecule is Cn1c(=O)c(C(=O)N2CCC3CCOC32)cc2c(NCc3cccc(C(F)F)c3F)ncnc21. The van der Waals surface area contributed by atoms with Crippen LogP contribution in [0.5, 0.6) is 0 Å². The van der Waals surface area contributed by atoms with Gasteiger partial charge in [0.2, 0.25) is 0 Å². The highest BCUT2D eigenvalue weighted by Crippen LogP contribution is 2.34. The second kappa shape index (κ2) is 8.71. The number of nitrogens with zero attached hydrogens (tertiary/aromatic N) is 4. The van der Waals surface area contributed by atoms with Crippen LogP contribution in [0.4, 0.5) is 19.0 Å². The van der Waals surface area contributed by atoms with Crippen molar-refractivity contribution in [2.75, 3.05) is 18.5 Å². The van der Waals surface area contributed by atoms with Crippen LogP contribution in [-0.4, -0.2) is 44.7 Å². The Hall–Kier alpha value is -3.47. The lowest BCUT2D eigenvalue weighted by Gasteiger charge is -2.23. The summed E-state index contributed by atoms with van der Waals surface area (Å²) in [6.07, 6.45) is -0.326. The highest BCUT2D eigenvalue weighted by atomic mass is 19.3. The summed E-state index contributed by atoms with van der Waals surface area (Å²) in [6, 6.07) is 5.22. The fraction of sp³-hybridized carbons (Fsp3) is 0.391. The Kier molecular flexibility index (Phi) is 5.72. The van der Waals surface area contributed by atoms with Crippen molar-refractivity contribution in [1.82, 2.24) is 19.4 Å². The number of ether oxygens (including phenoxy) is 1. The summed E-state index contributed by atoms with van der Waals surface area (Å²) >= 11 is 0. The summed E-state index contributed by atoms with van der Waals surface area (Å²) < 4.78 is 47.5. The summed E-state index contributed by atoms with van der Waals surface area (Å²) in [7, 11) is 1.50. The molecule has 178 valence electrons. The molecule has 0 radical (unpaired) electrons. The van der Waals surface area contributed by atoms with Crippen molar-refractivity contribution in [3.63, 3.8) is 0 Å². The number of fused-ring (bicyclic) bond motifs is 2. The van der Waals surface area contributed by atoms with Crippen molar-refractivity contribution in [2.45, 2.75) is 32.0 Å². The highest BCUT2D eigenvalue weighted by Gasteiger charge is 2.42. The van der Waals surface area contributed by atoms with Crippen LogP contribution >= 0.6 is 0 Å². The minimum Gasteiger partial charge on any atom is -0.365 e. The number of anilines is 1. The summed E-state index contributed by atoms with van der Waals surface area (Å²) in [5, 5.41) is 3.31. The van der Waals surface area contributed by atoms with Gasteiger partial charge in [0, 0.05) is 38.2 Å². The van der Waals surface area contributed by atoms with Crippen LogP contribution < -0.4 is 10.9 Å². The maximum absolute atomic E-state index is 14.4. The molecule has 4 heterocycles. The molecule has 5 rings (SSSR count). The number of aryl methyl sites for hydroxylation is 1. The molecule has 2 unspecified atom stereocenters. The predicted molar refractivity (Wildman–Crippen MR) is 117 cm³/mol. The number of hydrogen-bond donors (Lipinski definition) is 1. The van der Waals surface area contributed by atoms with Gasteiger partial charge in [-0.25, -0.2) is 23.1 Å². The van der Waals surface area contributed by atoms with Crippen LogP contribution in [-0.2, 0) is 18.3 Å². The molecule has 1 aromatic carbocycles. The Labute approximate surface area is 192 Å². The molecule has 2 aliphatic rings. The minimum absolute atomic E-state index is 0.0344. The number of carbonyl (C=O) groups is 1. The first kappa shape index (κ1) is 22.3. The summed E-state index contributed by atoms with van der Waals surface area (Å²) in [4.78, 5) is 36.2. The minimum atomic E-state index is -2.93. The zero-order chi connectivity index (χ0) is 24.0. The molecule has 0 aliphatic carbocycles. The summed E-state index contributed by atoms with van der Waals surface area (Å²) in [6.45, 7) is 0.958. The number of aromatic nitrogens is 3. The number of rotatable bonds is 5. The fourth-order valence-corrected chi connectivity index (χ4v) is 4.70. The van der Waals surface area contributed by atoms with Gasteiger partial charge in [-0.15, -0.1) is 0 Å². The van der Waals surface area contributed by atoms with Gasteiger partial charge in [-0.3, -0.25) is 14.2 Å². The second-order valence-corrected chi connectivity index (χ2v) is 8.45. The van der Waals surface area contributed by atoms with Crippen molar-refractivity contribution in [3.8, 4) is 0 Å². The largest absolute Gasteiger partial charge is 0.365 e. The van der Waals surface area contributed by atoms with Crippen LogP contribution in [0.1, 0.15) is 40.8 Å². The van der Waals surface area contributed by atoms with Gasteiger partial charge >= 0.3 is 0 Å². The molecule has 34 heavy (non-hydrogen) atoms. The maximum atomic E-state index is 14.4. The Morgan fingerprint density at radius 1 is 1.29 bits per heavy atom. The third-order valence-electron chi connectivity index (χ3n) is 6.51. The number of carbonyl (C=O) groups excluding carboxylic acids is 1. The van der Waals surface area contributed by atoms with E-state index in [-0.39, 0.29) is 41.3 Å². The molecule has 1 N–H and O–H groups in total. The van der Waals surface area contributed by atoms with Crippen molar-refractivity contribution in [1.29, 1.82) is 0 Å². The number of pyridine rings is 1. The molecule has 3 aromatic rings. The van der Waals surface area contributed by atoms with Crippen LogP contribution in [0.25, 0.3) is 11.0 Å². The van der Waals surface area contributed by atoms with E-state index in [0.717, 1.165) is 18.9 Å². The van der Waals surface area contributed by atoms with E-state index in [4.69, 9.17) is 4.74 Å². The Bertz CT molecular complexity index is 1330. The summed E-state index contributed by atoms with van der Waals surface area (Å²) in [5.41, 5.74) is -0.918. The first-order chi connectivity index (χ1) is 16.4. The number of alkyl halides is 2. The average Bonchev–Trinajstić information content (AvgIpc) is 3.44. The van der Waals surface area contributed by atoms with Gasteiger partial charge in [0.25, 0.3) is 17.9 Å². The van der Waals surface area contributed by atoms with Gasteiger partial charge in [0.05, 0.1) is 10.9 Å². The first-order valence-electron chi connectivity index (χ1n) is 10.9. The lowest BCUT2D eigenvalue weighted by Crippen LogP contribution is -2.40. The monoisotopic (exact) mass is 473 g/mol. The number of amides is 1. The Morgan fingerprint density at radius 2 is 2.12 bits per heavy atom.